The fourth-order valence-electron chi connectivity index (χ4n) is 1.72. The molecule has 0 radical (unpaired) electrons. The molecule has 2 aromatic rings. The third kappa shape index (κ3) is 4.17. The van der Waals surface area contributed by atoms with Crippen LogP contribution in [0.3, 0.4) is 0 Å². The Morgan fingerprint density at radius 2 is 1.71 bits per heavy atom. The summed E-state index contributed by atoms with van der Waals surface area (Å²) in [5, 5.41) is 2.70. The minimum absolute atomic E-state index is 0.161. The number of amides is 1. The van der Waals surface area contributed by atoms with Crippen molar-refractivity contribution >= 4 is 11.6 Å². The summed E-state index contributed by atoms with van der Waals surface area (Å²) in [4.78, 5) is 10.6. The van der Waals surface area contributed by atoms with Crippen LogP contribution in [0, 0.1) is 11.6 Å². The maximum Gasteiger partial charge on any atom is 0.255 e. The van der Waals surface area contributed by atoms with E-state index in [0.717, 1.165) is 5.56 Å². The molecular weight excluding hydrogens is 278 g/mol. The van der Waals surface area contributed by atoms with Crippen LogP contribution in [-0.2, 0) is 11.3 Å². The molecule has 0 saturated carbocycles. The zero-order valence-corrected chi connectivity index (χ0v) is 11.1. The summed E-state index contributed by atoms with van der Waals surface area (Å²) in [7, 11) is 0. The molecule has 2 aromatic carbocycles. The van der Waals surface area contributed by atoms with Crippen LogP contribution < -0.4 is 15.8 Å². The van der Waals surface area contributed by atoms with Crippen molar-refractivity contribution in [3.05, 3.63) is 59.7 Å². The van der Waals surface area contributed by atoms with E-state index in [1.165, 1.54) is 18.2 Å². The lowest BCUT2D eigenvalue weighted by molar-refractivity contribution is -0.119. The van der Waals surface area contributed by atoms with Gasteiger partial charge in [0, 0.05) is 6.54 Å². The van der Waals surface area contributed by atoms with Gasteiger partial charge < -0.3 is 15.8 Å². The van der Waals surface area contributed by atoms with Crippen molar-refractivity contribution in [2.75, 3.05) is 11.9 Å². The molecule has 110 valence electrons. The number of hydrogen-bond acceptors (Lipinski definition) is 3. The Balaban J connectivity index is 1.96. The monoisotopic (exact) mass is 292 g/mol. The molecular formula is C15H14F2N2O2. The first-order chi connectivity index (χ1) is 10.1. The highest BCUT2D eigenvalue weighted by Gasteiger charge is 2.07. The summed E-state index contributed by atoms with van der Waals surface area (Å²) in [5.74, 6) is -1.35. The average Bonchev–Trinajstić information content (AvgIpc) is 2.46. The number of nitrogens with one attached hydrogen (secondary N) is 1. The van der Waals surface area contributed by atoms with Crippen LogP contribution in [-0.4, -0.2) is 12.5 Å². The molecule has 0 aliphatic heterocycles. The number of anilines is 1. The van der Waals surface area contributed by atoms with E-state index in [1.807, 2.05) is 0 Å². The molecule has 2 rings (SSSR count). The van der Waals surface area contributed by atoms with Crippen LogP contribution in [0.5, 0.6) is 5.75 Å². The van der Waals surface area contributed by atoms with Gasteiger partial charge in [0.1, 0.15) is 23.1 Å². The fourth-order valence-corrected chi connectivity index (χ4v) is 1.72. The van der Waals surface area contributed by atoms with E-state index >= 15 is 0 Å². The number of carbonyl (C=O) groups is 1. The fraction of sp³-hybridized carbons (Fsp3) is 0.133. The van der Waals surface area contributed by atoms with Gasteiger partial charge in [-0.1, -0.05) is 18.2 Å². The second-order valence-electron chi connectivity index (χ2n) is 4.35. The minimum atomic E-state index is -0.642. The zero-order valence-electron chi connectivity index (χ0n) is 11.1. The normalized spacial score (nSPS) is 10.2. The first-order valence-corrected chi connectivity index (χ1v) is 6.24. The van der Waals surface area contributed by atoms with Gasteiger partial charge in [-0.15, -0.1) is 0 Å². The molecule has 21 heavy (non-hydrogen) atoms. The van der Waals surface area contributed by atoms with Gasteiger partial charge in [-0.3, -0.25) is 4.79 Å². The molecule has 0 heterocycles. The van der Waals surface area contributed by atoms with Crippen LogP contribution >= 0.6 is 0 Å². The number of ether oxygens (including phenoxy) is 1. The van der Waals surface area contributed by atoms with Crippen LogP contribution in [0.25, 0.3) is 0 Å². The number of hydrogen-bond donors (Lipinski definition) is 2. The first-order valence-electron chi connectivity index (χ1n) is 6.24. The number of rotatable bonds is 6. The highest BCUT2D eigenvalue weighted by atomic mass is 19.1. The molecule has 3 N–H and O–H groups in total. The highest BCUT2D eigenvalue weighted by molar-refractivity contribution is 5.75. The quantitative estimate of drug-likeness (QED) is 0.859. The summed E-state index contributed by atoms with van der Waals surface area (Å²) in [5.41, 5.74) is 5.61. The van der Waals surface area contributed by atoms with Crippen molar-refractivity contribution in [3.8, 4) is 5.75 Å². The molecule has 0 atom stereocenters. The lowest BCUT2D eigenvalue weighted by Crippen LogP contribution is -2.19. The molecule has 0 bridgehead atoms. The smallest absolute Gasteiger partial charge is 0.255 e. The number of nitrogens with two attached hydrogens (primary N) is 1. The van der Waals surface area contributed by atoms with E-state index in [2.05, 4.69) is 5.32 Å². The standard InChI is InChI=1S/C15H14F2N2O2/c16-12-2-1-3-13(17)15(12)19-8-10-4-6-11(7-5-10)21-9-14(18)20/h1-7,19H,8-9H2,(H2,18,20). The summed E-state index contributed by atoms with van der Waals surface area (Å²) in [6, 6.07) is 10.4. The summed E-state index contributed by atoms with van der Waals surface area (Å²) in [6.45, 7) is 0.0615. The van der Waals surface area contributed by atoms with Gasteiger partial charge in [0.15, 0.2) is 6.61 Å². The summed E-state index contributed by atoms with van der Waals surface area (Å²) >= 11 is 0. The van der Waals surface area contributed by atoms with Crippen molar-refractivity contribution in [2.24, 2.45) is 5.73 Å². The molecule has 6 heteroatoms. The largest absolute Gasteiger partial charge is 0.484 e. The number of primary amides is 1. The Hall–Kier alpha value is -2.63. The van der Waals surface area contributed by atoms with Crippen LogP contribution in [0.1, 0.15) is 5.56 Å². The molecule has 1 amide bonds. The number of benzene rings is 2. The van der Waals surface area contributed by atoms with Crippen molar-refractivity contribution in [2.45, 2.75) is 6.54 Å². The van der Waals surface area contributed by atoms with Crippen LogP contribution in [0.2, 0.25) is 0 Å². The number of halogens is 2. The van der Waals surface area contributed by atoms with Crippen molar-refractivity contribution in [1.29, 1.82) is 0 Å². The van der Waals surface area contributed by atoms with Gasteiger partial charge in [0.05, 0.1) is 0 Å². The van der Waals surface area contributed by atoms with Gasteiger partial charge >= 0.3 is 0 Å². The van der Waals surface area contributed by atoms with E-state index in [1.54, 1.807) is 24.3 Å². The predicted molar refractivity (Wildman–Crippen MR) is 74.8 cm³/mol. The maximum absolute atomic E-state index is 13.4. The van der Waals surface area contributed by atoms with E-state index in [9.17, 15) is 13.6 Å². The number of para-hydroxylation sites is 1. The SMILES string of the molecule is NC(=O)COc1ccc(CNc2c(F)cccc2F)cc1. The van der Waals surface area contributed by atoms with Crippen molar-refractivity contribution in [1.82, 2.24) is 0 Å². The Labute approximate surface area is 120 Å². The Kier molecular flexibility index (Phi) is 4.71. The molecule has 0 aliphatic rings. The minimum Gasteiger partial charge on any atom is -0.484 e. The Morgan fingerprint density at radius 1 is 1.10 bits per heavy atom. The third-order valence-electron chi connectivity index (χ3n) is 2.74. The van der Waals surface area contributed by atoms with E-state index in [4.69, 9.17) is 10.5 Å². The summed E-state index contributed by atoms with van der Waals surface area (Å²) < 4.78 is 32.0. The van der Waals surface area contributed by atoms with Gasteiger partial charge in [0.25, 0.3) is 5.91 Å². The molecule has 0 spiro atoms. The molecule has 0 fully saturated rings. The second-order valence-corrected chi connectivity index (χ2v) is 4.35. The van der Waals surface area contributed by atoms with E-state index in [0.29, 0.717) is 5.75 Å². The van der Waals surface area contributed by atoms with E-state index < -0.39 is 17.5 Å². The van der Waals surface area contributed by atoms with Crippen LogP contribution in [0.15, 0.2) is 42.5 Å². The van der Waals surface area contributed by atoms with Gasteiger partial charge in [-0.25, -0.2) is 8.78 Å². The zero-order chi connectivity index (χ0) is 15.2. The highest BCUT2D eigenvalue weighted by Crippen LogP contribution is 2.19. The van der Waals surface area contributed by atoms with Gasteiger partial charge in [0.2, 0.25) is 0 Å². The molecule has 0 unspecified atom stereocenters. The van der Waals surface area contributed by atoms with Crippen LogP contribution in [0.4, 0.5) is 14.5 Å². The molecule has 0 aliphatic carbocycles. The molecule has 0 saturated heterocycles. The first kappa shape index (κ1) is 14.8. The average molecular weight is 292 g/mol. The Bertz CT molecular complexity index is 610. The predicted octanol–water partition coefficient (Wildman–Crippen LogP) is 2.44. The van der Waals surface area contributed by atoms with E-state index in [-0.39, 0.29) is 18.8 Å². The topological polar surface area (TPSA) is 64.4 Å². The third-order valence-corrected chi connectivity index (χ3v) is 2.74. The number of carbonyl (C=O) groups excluding carboxylic acids is 1. The lowest BCUT2D eigenvalue weighted by atomic mass is 10.2. The van der Waals surface area contributed by atoms with Gasteiger partial charge in [-0.05, 0) is 29.8 Å². The maximum atomic E-state index is 13.4. The summed E-state index contributed by atoms with van der Waals surface area (Å²) in [6.07, 6.45) is 0. The van der Waals surface area contributed by atoms with Crippen molar-refractivity contribution in [3.63, 3.8) is 0 Å². The van der Waals surface area contributed by atoms with Gasteiger partial charge in [-0.2, -0.15) is 0 Å². The molecule has 4 nitrogen and oxygen atoms in total. The second kappa shape index (κ2) is 6.69. The molecule has 0 aromatic heterocycles. The van der Waals surface area contributed by atoms with Crippen molar-refractivity contribution < 1.29 is 18.3 Å². The lowest BCUT2D eigenvalue weighted by Gasteiger charge is -2.09. The Morgan fingerprint density at radius 3 is 2.29 bits per heavy atom.